The van der Waals surface area contributed by atoms with Crippen LogP contribution in [0, 0.1) is 11.2 Å². The number of benzene rings is 1. The summed E-state index contributed by atoms with van der Waals surface area (Å²) in [5, 5.41) is 0.449. The Kier molecular flexibility index (Phi) is 6.24. The molecule has 0 aliphatic carbocycles. The molecule has 108 valence electrons. The largest absolute Gasteiger partial charge is 0.330 e. The van der Waals surface area contributed by atoms with Gasteiger partial charge in [0.1, 0.15) is 5.82 Å². The quantitative estimate of drug-likeness (QED) is 0.828. The van der Waals surface area contributed by atoms with E-state index in [9.17, 15) is 4.39 Å². The molecule has 0 bridgehead atoms. The molecule has 4 heteroatoms. The molecule has 1 aromatic carbocycles. The maximum absolute atomic E-state index is 13.3. The van der Waals surface area contributed by atoms with E-state index in [0.29, 0.717) is 18.1 Å². The summed E-state index contributed by atoms with van der Waals surface area (Å²) in [7, 11) is 0. The first-order valence-corrected chi connectivity index (χ1v) is 7.11. The van der Waals surface area contributed by atoms with Gasteiger partial charge in [0.2, 0.25) is 0 Å². The molecule has 0 radical (unpaired) electrons. The molecule has 0 aliphatic heterocycles. The molecule has 0 aromatic heterocycles. The summed E-state index contributed by atoms with van der Waals surface area (Å²) >= 11 is 5.89. The van der Waals surface area contributed by atoms with Gasteiger partial charge in [0.05, 0.1) is 0 Å². The first-order chi connectivity index (χ1) is 8.86. The number of halogens is 2. The van der Waals surface area contributed by atoms with Crippen molar-refractivity contribution in [2.45, 2.75) is 33.7 Å². The first-order valence-electron chi connectivity index (χ1n) is 6.73. The number of nitrogens with two attached hydrogens (primary N) is 1. The maximum atomic E-state index is 13.3. The summed E-state index contributed by atoms with van der Waals surface area (Å²) in [5.41, 5.74) is 6.75. The van der Waals surface area contributed by atoms with Crippen molar-refractivity contribution in [1.82, 2.24) is 4.90 Å². The van der Waals surface area contributed by atoms with Crippen LogP contribution >= 0.6 is 11.6 Å². The van der Waals surface area contributed by atoms with E-state index in [1.807, 2.05) is 6.07 Å². The van der Waals surface area contributed by atoms with Gasteiger partial charge in [0.25, 0.3) is 0 Å². The van der Waals surface area contributed by atoms with Crippen LogP contribution in [0.5, 0.6) is 0 Å². The lowest BCUT2D eigenvalue weighted by atomic mass is 9.93. The van der Waals surface area contributed by atoms with Gasteiger partial charge in [0.15, 0.2) is 0 Å². The van der Waals surface area contributed by atoms with E-state index in [2.05, 4.69) is 25.7 Å². The summed E-state index contributed by atoms with van der Waals surface area (Å²) in [6.07, 6.45) is 1.06. The van der Waals surface area contributed by atoms with Crippen molar-refractivity contribution in [3.63, 3.8) is 0 Å². The predicted molar refractivity (Wildman–Crippen MR) is 79.8 cm³/mol. The molecule has 0 fully saturated rings. The molecule has 0 heterocycles. The van der Waals surface area contributed by atoms with Crippen LogP contribution in [0.1, 0.15) is 32.8 Å². The van der Waals surface area contributed by atoms with Crippen LogP contribution in [0.15, 0.2) is 18.2 Å². The van der Waals surface area contributed by atoms with Gasteiger partial charge in [0, 0.05) is 18.1 Å². The fourth-order valence-corrected chi connectivity index (χ4v) is 2.40. The Labute approximate surface area is 120 Å². The van der Waals surface area contributed by atoms with Crippen molar-refractivity contribution >= 4 is 11.6 Å². The van der Waals surface area contributed by atoms with E-state index in [1.54, 1.807) is 6.07 Å². The van der Waals surface area contributed by atoms with Crippen molar-refractivity contribution in [1.29, 1.82) is 0 Å². The number of rotatable bonds is 7. The van der Waals surface area contributed by atoms with E-state index in [4.69, 9.17) is 17.3 Å². The number of hydrogen-bond acceptors (Lipinski definition) is 2. The van der Waals surface area contributed by atoms with Crippen molar-refractivity contribution in [3.05, 3.63) is 34.6 Å². The van der Waals surface area contributed by atoms with Gasteiger partial charge in [-0.2, -0.15) is 0 Å². The Bertz CT molecular complexity index is 387. The topological polar surface area (TPSA) is 29.3 Å². The van der Waals surface area contributed by atoms with E-state index >= 15 is 0 Å². The van der Waals surface area contributed by atoms with Crippen LogP contribution in [0.25, 0.3) is 0 Å². The highest BCUT2D eigenvalue weighted by molar-refractivity contribution is 6.30. The average Bonchev–Trinajstić information content (AvgIpc) is 2.27. The van der Waals surface area contributed by atoms with Crippen molar-refractivity contribution in [2.75, 3.05) is 19.6 Å². The molecule has 0 saturated heterocycles. The van der Waals surface area contributed by atoms with E-state index in [0.717, 1.165) is 25.1 Å². The lowest BCUT2D eigenvalue weighted by Crippen LogP contribution is -2.38. The highest BCUT2D eigenvalue weighted by Crippen LogP contribution is 2.19. The van der Waals surface area contributed by atoms with E-state index in [-0.39, 0.29) is 11.2 Å². The van der Waals surface area contributed by atoms with Gasteiger partial charge in [-0.05, 0) is 48.7 Å². The van der Waals surface area contributed by atoms with Crippen molar-refractivity contribution in [3.8, 4) is 0 Å². The zero-order valence-corrected chi connectivity index (χ0v) is 12.8. The molecule has 2 nitrogen and oxygen atoms in total. The van der Waals surface area contributed by atoms with Crippen LogP contribution in [0.3, 0.4) is 0 Å². The summed E-state index contributed by atoms with van der Waals surface area (Å²) in [4.78, 5) is 2.30. The zero-order chi connectivity index (χ0) is 14.5. The number of hydrogen-bond donors (Lipinski definition) is 1. The Morgan fingerprint density at radius 1 is 1.32 bits per heavy atom. The standard InChI is InChI=1S/C15H24ClFN2/c1-4-5-19(11-15(2,3)10-18)9-12-6-13(16)8-14(17)7-12/h6-8H,4-5,9-11,18H2,1-3H3. The van der Waals surface area contributed by atoms with Gasteiger partial charge < -0.3 is 5.73 Å². The maximum Gasteiger partial charge on any atom is 0.125 e. The Balaban J connectivity index is 2.77. The molecular weight excluding hydrogens is 263 g/mol. The van der Waals surface area contributed by atoms with Gasteiger partial charge in [-0.1, -0.05) is 32.4 Å². The molecule has 1 aromatic rings. The van der Waals surface area contributed by atoms with Crippen LogP contribution in [-0.4, -0.2) is 24.5 Å². The molecule has 19 heavy (non-hydrogen) atoms. The zero-order valence-electron chi connectivity index (χ0n) is 12.0. The van der Waals surface area contributed by atoms with Crippen LogP contribution < -0.4 is 5.73 Å². The minimum Gasteiger partial charge on any atom is -0.330 e. The Hall–Kier alpha value is -0.640. The highest BCUT2D eigenvalue weighted by Gasteiger charge is 2.20. The summed E-state index contributed by atoms with van der Waals surface area (Å²) in [6, 6.07) is 4.70. The molecule has 0 amide bonds. The third-order valence-corrected chi connectivity index (χ3v) is 3.29. The summed E-state index contributed by atoms with van der Waals surface area (Å²) < 4.78 is 13.3. The SMILES string of the molecule is CCCN(Cc1cc(F)cc(Cl)c1)CC(C)(C)CN. The van der Waals surface area contributed by atoms with E-state index in [1.165, 1.54) is 6.07 Å². The minimum absolute atomic E-state index is 0.0618. The molecule has 0 unspecified atom stereocenters. The Morgan fingerprint density at radius 3 is 2.53 bits per heavy atom. The smallest absolute Gasteiger partial charge is 0.125 e. The molecule has 0 atom stereocenters. The molecule has 0 spiro atoms. The van der Waals surface area contributed by atoms with Crippen LogP contribution in [-0.2, 0) is 6.54 Å². The van der Waals surface area contributed by atoms with Crippen LogP contribution in [0.2, 0.25) is 5.02 Å². The van der Waals surface area contributed by atoms with E-state index < -0.39 is 0 Å². The number of nitrogens with zero attached hydrogens (tertiary/aromatic N) is 1. The second-order valence-electron chi connectivity index (χ2n) is 5.86. The monoisotopic (exact) mass is 286 g/mol. The second kappa shape index (κ2) is 7.22. The summed E-state index contributed by atoms with van der Waals surface area (Å²) in [5.74, 6) is -0.281. The fourth-order valence-electron chi connectivity index (χ4n) is 2.16. The normalized spacial score (nSPS) is 12.2. The molecule has 0 saturated carbocycles. The van der Waals surface area contributed by atoms with Gasteiger partial charge >= 0.3 is 0 Å². The third kappa shape index (κ3) is 5.89. The highest BCUT2D eigenvalue weighted by atomic mass is 35.5. The van der Waals surface area contributed by atoms with Gasteiger partial charge in [-0.3, -0.25) is 4.90 Å². The average molecular weight is 287 g/mol. The molecule has 2 N–H and O–H groups in total. The molecular formula is C15H24ClFN2. The van der Waals surface area contributed by atoms with Crippen molar-refractivity contribution < 1.29 is 4.39 Å². The van der Waals surface area contributed by atoms with Gasteiger partial charge in [-0.25, -0.2) is 4.39 Å². The second-order valence-corrected chi connectivity index (χ2v) is 6.29. The minimum atomic E-state index is -0.281. The Morgan fingerprint density at radius 2 is 2.00 bits per heavy atom. The molecule has 1 rings (SSSR count). The lowest BCUT2D eigenvalue weighted by molar-refractivity contribution is 0.176. The lowest BCUT2D eigenvalue weighted by Gasteiger charge is -2.31. The van der Waals surface area contributed by atoms with Crippen LogP contribution in [0.4, 0.5) is 4.39 Å². The van der Waals surface area contributed by atoms with Gasteiger partial charge in [-0.15, -0.1) is 0 Å². The van der Waals surface area contributed by atoms with Crippen molar-refractivity contribution in [2.24, 2.45) is 11.1 Å². The first kappa shape index (κ1) is 16.4. The third-order valence-electron chi connectivity index (χ3n) is 3.07. The predicted octanol–water partition coefficient (Wildman–Crippen LogP) is 3.68. The fraction of sp³-hybridized carbons (Fsp3) is 0.600. The summed E-state index contributed by atoms with van der Waals surface area (Å²) in [6.45, 7) is 9.64. The molecule has 0 aliphatic rings.